The molecule has 0 saturated heterocycles. The van der Waals surface area contributed by atoms with Crippen molar-refractivity contribution in [2.24, 2.45) is 5.92 Å². The molecular weight excluding hydrogens is 262 g/mol. The highest BCUT2D eigenvalue weighted by atomic mass is 32.1. The summed E-state index contributed by atoms with van der Waals surface area (Å²) in [6, 6.07) is 1.73. The quantitative estimate of drug-likeness (QED) is 0.898. The molecule has 0 radical (unpaired) electrons. The van der Waals surface area contributed by atoms with Crippen molar-refractivity contribution >= 4 is 17.3 Å². The summed E-state index contributed by atoms with van der Waals surface area (Å²) in [5, 5.41) is 11.6. The molecule has 0 bridgehead atoms. The van der Waals surface area contributed by atoms with E-state index in [-0.39, 0.29) is 6.04 Å². The van der Waals surface area contributed by atoms with Crippen LogP contribution in [0.5, 0.6) is 0 Å². The lowest BCUT2D eigenvalue weighted by atomic mass is 9.96. The highest BCUT2D eigenvalue weighted by molar-refractivity contribution is 7.10. The van der Waals surface area contributed by atoms with Crippen LogP contribution in [-0.2, 0) is 16.0 Å². The summed E-state index contributed by atoms with van der Waals surface area (Å²) in [7, 11) is 1.70. The van der Waals surface area contributed by atoms with Crippen molar-refractivity contribution in [3.8, 4) is 0 Å². The number of carboxylic acids is 1. The summed E-state index contributed by atoms with van der Waals surface area (Å²) >= 11 is 1.68. The van der Waals surface area contributed by atoms with Crippen molar-refractivity contribution in [1.82, 2.24) is 4.90 Å². The fraction of sp³-hybridized carbons (Fsp3) is 0.643. The second-order valence-electron chi connectivity index (χ2n) is 5.39. The first-order valence-corrected chi connectivity index (χ1v) is 7.64. The number of fused-ring (bicyclic) bond motifs is 1. The topological polar surface area (TPSA) is 49.8 Å². The van der Waals surface area contributed by atoms with Crippen molar-refractivity contribution in [3.05, 3.63) is 21.9 Å². The van der Waals surface area contributed by atoms with Gasteiger partial charge in [-0.25, -0.2) is 0 Å². The van der Waals surface area contributed by atoms with Crippen molar-refractivity contribution in [1.29, 1.82) is 0 Å². The highest BCUT2D eigenvalue weighted by Gasteiger charge is 2.43. The zero-order chi connectivity index (χ0) is 13.4. The minimum atomic E-state index is -0.735. The van der Waals surface area contributed by atoms with Crippen molar-refractivity contribution in [2.75, 3.05) is 20.3 Å². The van der Waals surface area contributed by atoms with E-state index in [1.165, 1.54) is 17.7 Å². The number of methoxy groups -OCH3 is 1. The van der Waals surface area contributed by atoms with E-state index < -0.39 is 12.0 Å². The van der Waals surface area contributed by atoms with E-state index >= 15 is 0 Å². The number of nitrogens with zero attached hydrogens (tertiary/aromatic N) is 1. The number of thiophene rings is 1. The summed E-state index contributed by atoms with van der Waals surface area (Å²) in [6.07, 6.45) is 3.37. The predicted molar refractivity (Wildman–Crippen MR) is 73.5 cm³/mol. The Balaban J connectivity index is 1.90. The van der Waals surface area contributed by atoms with Crippen molar-refractivity contribution < 1.29 is 14.6 Å². The zero-order valence-electron chi connectivity index (χ0n) is 11.0. The Hall–Kier alpha value is -0.910. The summed E-state index contributed by atoms with van der Waals surface area (Å²) in [5.41, 5.74) is 0.991. The van der Waals surface area contributed by atoms with Gasteiger partial charge in [-0.05, 0) is 42.2 Å². The number of hydrogen-bond acceptors (Lipinski definition) is 4. The van der Waals surface area contributed by atoms with Crippen LogP contribution in [-0.4, -0.2) is 42.3 Å². The maximum atomic E-state index is 11.7. The van der Waals surface area contributed by atoms with Gasteiger partial charge >= 0.3 is 5.97 Å². The van der Waals surface area contributed by atoms with Gasteiger partial charge in [0.2, 0.25) is 0 Å². The lowest BCUT2D eigenvalue weighted by Gasteiger charge is -2.39. The lowest BCUT2D eigenvalue weighted by molar-refractivity contribution is -0.146. The van der Waals surface area contributed by atoms with Crippen LogP contribution in [0.1, 0.15) is 29.3 Å². The standard InChI is InChI=1S/C14H19NO3S/c1-18-8-11(9-2-3-9)15-6-4-12-10(5-7-19-12)13(15)14(16)17/h5,7,9,11,13H,2-4,6,8H2,1H3,(H,16,17). The molecule has 3 rings (SSSR count). The van der Waals surface area contributed by atoms with Crippen LogP contribution in [0.15, 0.2) is 11.4 Å². The van der Waals surface area contributed by atoms with E-state index in [2.05, 4.69) is 4.90 Å². The molecule has 2 heterocycles. The molecule has 2 atom stereocenters. The number of ether oxygens (including phenoxy) is 1. The van der Waals surface area contributed by atoms with Gasteiger partial charge in [0.05, 0.1) is 6.61 Å². The Morgan fingerprint density at radius 1 is 1.63 bits per heavy atom. The summed E-state index contributed by atoms with van der Waals surface area (Å²) in [4.78, 5) is 15.1. The lowest BCUT2D eigenvalue weighted by Crippen LogP contribution is -2.48. The molecule has 1 aliphatic carbocycles. The Morgan fingerprint density at radius 3 is 3.05 bits per heavy atom. The van der Waals surface area contributed by atoms with Gasteiger partial charge < -0.3 is 9.84 Å². The molecule has 19 heavy (non-hydrogen) atoms. The number of hydrogen-bond donors (Lipinski definition) is 1. The largest absolute Gasteiger partial charge is 0.480 e. The van der Waals surface area contributed by atoms with Gasteiger partial charge in [-0.3, -0.25) is 9.69 Å². The highest BCUT2D eigenvalue weighted by Crippen LogP contribution is 2.41. The van der Waals surface area contributed by atoms with E-state index in [4.69, 9.17) is 4.74 Å². The Morgan fingerprint density at radius 2 is 2.42 bits per heavy atom. The van der Waals surface area contributed by atoms with E-state index in [9.17, 15) is 9.90 Å². The third kappa shape index (κ3) is 2.42. The van der Waals surface area contributed by atoms with Crippen LogP contribution in [0.2, 0.25) is 0 Å². The minimum absolute atomic E-state index is 0.249. The van der Waals surface area contributed by atoms with Crippen molar-refractivity contribution in [2.45, 2.75) is 31.3 Å². The first-order valence-electron chi connectivity index (χ1n) is 6.76. The molecule has 1 N–H and O–H groups in total. The van der Waals surface area contributed by atoms with Crippen LogP contribution in [0.4, 0.5) is 0 Å². The Bertz CT molecular complexity index is 469. The monoisotopic (exact) mass is 281 g/mol. The average molecular weight is 281 g/mol. The van der Waals surface area contributed by atoms with Gasteiger partial charge in [0.25, 0.3) is 0 Å². The smallest absolute Gasteiger partial charge is 0.325 e. The van der Waals surface area contributed by atoms with Crippen LogP contribution in [0, 0.1) is 5.92 Å². The molecular formula is C14H19NO3S. The van der Waals surface area contributed by atoms with Crippen LogP contribution < -0.4 is 0 Å². The van der Waals surface area contributed by atoms with Gasteiger partial charge in [0.1, 0.15) is 6.04 Å². The molecule has 0 spiro atoms. The maximum Gasteiger partial charge on any atom is 0.325 e. The number of carbonyl (C=O) groups is 1. The summed E-state index contributed by atoms with van der Waals surface area (Å²) < 4.78 is 5.32. The van der Waals surface area contributed by atoms with Crippen molar-refractivity contribution in [3.63, 3.8) is 0 Å². The van der Waals surface area contributed by atoms with Gasteiger partial charge in [0, 0.05) is 24.6 Å². The SMILES string of the molecule is COCC(C1CC1)N1CCc2sccc2C1C(=O)O. The molecule has 1 aliphatic heterocycles. The number of rotatable bonds is 5. The first-order chi connectivity index (χ1) is 9.22. The average Bonchev–Trinajstić information content (AvgIpc) is 3.11. The van der Waals surface area contributed by atoms with E-state index in [0.717, 1.165) is 18.5 Å². The molecule has 2 aliphatic rings. The molecule has 1 saturated carbocycles. The number of aliphatic carboxylic acids is 1. The first kappa shape index (κ1) is 13.1. The Kier molecular flexibility index (Phi) is 3.60. The molecule has 104 valence electrons. The van der Waals surface area contributed by atoms with Crippen LogP contribution >= 0.6 is 11.3 Å². The van der Waals surface area contributed by atoms with Gasteiger partial charge in [-0.15, -0.1) is 11.3 Å². The molecule has 0 amide bonds. The fourth-order valence-corrected chi connectivity index (χ4v) is 4.03. The summed E-state index contributed by atoms with van der Waals surface area (Å²) in [5.74, 6) is -0.122. The van der Waals surface area contributed by atoms with Gasteiger partial charge in [-0.2, -0.15) is 0 Å². The number of carboxylic acid groups (broad SMARTS) is 1. The van der Waals surface area contributed by atoms with E-state index in [0.29, 0.717) is 12.5 Å². The molecule has 1 fully saturated rings. The summed E-state index contributed by atoms with van der Waals surface area (Å²) in [6.45, 7) is 1.46. The molecule has 0 aromatic carbocycles. The second-order valence-corrected chi connectivity index (χ2v) is 6.39. The third-order valence-electron chi connectivity index (χ3n) is 4.17. The minimum Gasteiger partial charge on any atom is -0.480 e. The van der Waals surface area contributed by atoms with E-state index in [1.807, 2.05) is 11.4 Å². The molecule has 2 unspecified atom stereocenters. The van der Waals surface area contributed by atoms with Gasteiger partial charge in [-0.1, -0.05) is 0 Å². The molecule has 5 heteroatoms. The van der Waals surface area contributed by atoms with Gasteiger partial charge in [0.15, 0.2) is 0 Å². The second kappa shape index (κ2) is 5.23. The Labute approximate surface area is 117 Å². The third-order valence-corrected chi connectivity index (χ3v) is 5.16. The van der Waals surface area contributed by atoms with Crippen LogP contribution in [0.25, 0.3) is 0 Å². The molecule has 4 nitrogen and oxygen atoms in total. The molecule has 1 aromatic heterocycles. The normalized spacial score (nSPS) is 25.0. The van der Waals surface area contributed by atoms with Crippen LogP contribution in [0.3, 0.4) is 0 Å². The predicted octanol–water partition coefficient (Wildman–Crippen LogP) is 2.16. The van der Waals surface area contributed by atoms with E-state index in [1.54, 1.807) is 18.4 Å². The fourth-order valence-electron chi connectivity index (χ4n) is 3.12. The zero-order valence-corrected chi connectivity index (χ0v) is 11.9. The maximum absolute atomic E-state index is 11.7. The molecule has 1 aromatic rings.